The highest BCUT2D eigenvalue weighted by atomic mass is 32.2. The van der Waals surface area contributed by atoms with E-state index >= 15 is 4.39 Å². The van der Waals surface area contributed by atoms with Gasteiger partial charge in [0.05, 0.1) is 16.6 Å². The molecule has 0 saturated heterocycles. The molecule has 10 heteroatoms. The Bertz CT molecular complexity index is 888. The summed E-state index contributed by atoms with van der Waals surface area (Å²) in [5.74, 6) is -0.142. The Morgan fingerprint density at radius 1 is 1.43 bits per heavy atom. The van der Waals surface area contributed by atoms with Crippen LogP contribution in [0.25, 0.3) is 0 Å². The molecule has 0 unspecified atom stereocenters. The zero-order valence-electron chi connectivity index (χ0n) is 17.4. The van der Waals surface area contributed by atoms with Gasteiger partial charge in [-0.15, -0.1) is 0 Å². The predicted octanol–water partition coefficient (Wildman–Crippen LogP) is 4.63. The first-order valence-electron chi connectivity index (χ1n) is 9.72. The second kappa shape index (κ2) is 8.14. The first kappa shape index (κ1) is 22.5. The van der Waals surface area contributed by atoms with Gasteiger partial charge in [0.2, 0.25) is 0 Å². The third kappa shape index (κ3) is 4.02. The van der Waals surface area contributed by atoms with Gasteiger partial charge in [-0.1, -0.05) is 11.8 Å². The monoisotopic (exact) mass is 439 g/mol. The maximum Gasteiger partial charge on any atom is 0.413 e. The van der Waals surface area contributed by atoms with Gasteiger partial charge in [-0.05, 0) is 45.6 Å². The van der Waals surface area contributed by atoms with E-state index in [-0.39, 0.29) is 28.4 Å². The summed E-state index contributed by atoms with van der Waals surface area (Å²) in [5.41, 5.74) is -1.99. The number of benzene rings is 1. The number of rotatable bonds is 3. The average Bonchev–Trinajstić information content (AvgIpc) is 2.65. The van der Waals surface area contributed by atoms with Crippen LogP contribution >= 0.6 is 11.8 Å². The molecule has 1 amide bonds. The molecule has 1 aliphatic carbocycles. The van der Waals surface area contributed by atoms with Crippen molar-refractivity contribution in [2.24, 2.45) is 10.9 Å². The number of methoxy groups -OCH3 is 1. The van der Waals surface area contributed by atoms with E-state index in [0.717, 1.165) is 18.6 Å². The van der Waals surface area contributed by atoms with Gasteiger partial charge in [0, 0.05) is 42.5 Å². The molecule has 1 saturated carbocycles. The smallest absolute Gasteiger partial charge is 0.413 e. The molecule has 0 aromatic heterocycles. The molecular formula is C20H26FN3O5S. The number of amides is 1. The molecule has 2 aliphatic rings. The normalized spacial score (nSPS) is 26.5. The fraction of sp³-hybridized carbons (Fsp3) is 0.600. The maximum atomic E-state index is 15.1. The quantitative estimate of drug-likeness (QED) is 0.544. The highest BCUT2D eigenvalue weighted by Crippen LogP contribution is 2.51. The largest absolute Gasteiger partial charge is 0.465 e. The molecule has 164 valence electrons. The average molecular weight is 440 g/mol. The molecule has 8 nitrogen and oxygen atoms in total. The van der Waals surface area contributed by atoms with Crippen molar-refractivity contribution in [1.82, 2.24) is 4.90 Å². The molecule has 1 aromatic carbocycles. The van der Waals surface area contributed by atoms with Gasteiger partial charge in [0.1, 0.15) is 5.82 Å². The number of carboxylic acid groups (broad SMARTS) is 1. The third-order valence-electron chi connectivity index (χ3n) is 5.77. The molecule has 1 N–H and O–H groups in total. The number of amidine groups is 1. The molecule has 1 fully saturated rings. The van der Waals surface area contributed by atoms with Gasteiger partial charge in [-0.2, -0.15) is 0 Å². The lowest BCUT2D eigenvalue weighted by Crippen LogP contribution is -2.53. The van der Waals surface area contributed by atoms with Crippen LogP contribution in [0.3, 0.4) is 0 Å². The van der Waals surface area contributed by atoms with E-state index in [1.54, 1.807) is 27.9 Å². The van der Waals surface area contributed by atoms with Gasteiger partial charge in [-0.25, -0.2) is 14.2 Å². The molecule has 0 bridgehead atoms. The Morgan fingerprint density at radius 3 is 2.70 bits per heavy atom. The minimum absolute atomic E-state index is 0.0928. The van der Waals surface area contributed by atoms with Crippen molar-refractivity contribution in [2.75, 3.05) is 12.9 Å². The highest BCUT2D eigenvalue weighted by molar-refractivity contribution is 8.13. The zero-order chi connectivity index (χ0) is 22.3. The van der Waals surface area contributed by atoms with Crippen LogP contribution in [0.1, 0.15) is 45.6 Å². The number of nitro benzene ring substituents is 1. The van der Waals surface area contributed by atoms with E-state index < -0.39 is 27.9 Å². The van der Waals surface area contributed by atoms with Crippen LogP contribution in [-0.2, 0) is 10.3 Å². The van der Waals surface area contributed by atoms with Crippen molar-refractivity contribution in [3.8, 4) is 0 Å². The number of hydrogen-bond donors (Lipinski definition) is 1. The molecule has 1 aliphatic heterocycles. The molecule has 3 atom stereocenters. The summed E-state index contributed by atoms with van der Waals surface area (Å²) in [6, 6.07) is 3.45. The number of aliphatic imine (C=N–C) groups is 1. The standard InChI is InChI=1S/C20H26FN3O5S/c1-19(2,3)23(18(25)26)17-22-20(10-14(29-4)7-5-12(20)11-30-17)15-9-13(24(27)28)6-8-16(15)21/h6,8-9,12,14H,5,7,10-11H2,1-4H3,(H,25,26)/t12-,14+,20-/m0/s1. The number of carbonyl (C=O) groups is 1. The van der Waals surface area contributed by atoms with Crippen molar-refractivity contribution in [2.45, 2.75) is 57.2 Å². The zero-order valence-corrected chi connectivity index (χ0v) is 18.2. The van der Waals surface area contributed by atoms with Gasteiger partial charge in [0.25, 0.3) is 5.69 Å². The Labute approximate surface area is 178 Å². The van der Waals surface area contributed by atoms with Crippen LogP contribution < -0.4 is 0 Å². The van der Waals surface area contributed by atoms with Crippen LogP contribution in [-0.4, -0.2) is 50.7 Å². The van der Waals surface area contributed by atoms with E-state index in [2.05, 4.69) is 0 Å². The number of nitro groups is 1. The molecule has 0 spiro atoms. The summed E-state index contributed by atoms with van der Waals surface area (Å²) in [6.07, 6.45) is 0.440. The molecule has 3 rings (SSSR count). The van der Waals surface area contributed by atoms with Crippen LogP contribution in [0.5, 0.6) is 0 Å². The van der Waals surface area contributed by atoms with Gasteiger partial charge >= 0.3 is 6.09 Å². The number of ether oxygens (including phenoxy) is 1. The lowest BCUT2D eigenvalue weighted by atomic mass is 9.68. The van der Waals surface area contributed by atoms with Gasteiger partial charge in [0.15, 0.2) is 5.17 Å². The van der Waals surface area contributed by atoms with Crippen molar-refractivity contribution in [1.29, 1.82) is 0 Å². The summed E-state index contributed by atoms with van der Waals surface area (Å²) in [7, 11) is 1.57. The maximum absolute atomic E-state index is 15.1. The number of non-ortho nitro benzene ring substituents is 1. The minimum atomic E-state index is -1.15. The number of halogens is 1. The number of hydrogen-bond acceptors (Lipinski definition) is 6. The highest BCUT2D eigenvalue weighted by Gasteiger charge is 2.51. The van der Waals surface area contributed by atoms with E-state index in [0.29, 0.717) is 18.6 Å². The number of nitrogens with zero attached hydrogens (tertiary/aromatic N) is 3. The Morgan fingerprint density at radius 2 is 2.13 bits per heavy atom. The van der Waals surface area contributed by atoms with E-state index in [1.807, 2.05) is 0 Å². The van der Waals surface area contributed by atoms with E-state index in [1.165, 1.54) is 22.7 Å². The van der Waals surface area contributed by atoms with Gasteiger partial charge < -0.3 is 9.84 Å². The van der Waals surface area contributed by atoms with E-state index in [9.17, 15) is 20.0 Å². The summed E-state index contributed by atoms with van der Waals surface area (Å²) in [6.45, 7) is 5.28. The molecule has 0 radical (unpaired) electrons. The fourth-order valence-corrected chi connectivity index (χ4v) is 5.80. The predicted molar refractivity (Wildman–Crippen MR) is 112 cm³/mol. The van der Waals surface area contributed by atoms with E-state index in [4.69, 9.17) is 9.73 Å². The topological polar surface area (TPSA) is 105 Å². The second-order valence-corrected chi connectivity index (χ2v) is 9.66. The number of thioether (sulfide) groups is 1. The molecular weight excluding hydrogens is 413 g/mol. The first-order chi connectivity index (χ1) is 14.0. The van der Waals surface area contributed by atoms with Gasteiger partial charge in [-0.3, -0.25) is 15.0 Å². The summed E-state index contributed by atoms with van der Waals surface area (Å²) in [5, 5.41) is 21.4. The van der Waals surface area contributed by atoms with Crippen LogP contribution in [0.2, 0.25) is 0 Å². The van der Waals surface area contributed by atoms with Crippen LogP contribution in [0.4, 0.5) is 14.9 Å². The van der Waals surface area contributed by atoms with Crippen molar-refractivity contribution in [3.05, 3.63) is 39.7 Å². The third-order valence-corrected chi connectivity index (χ3v) is 6.88. The fourth-order valence-electron chi connectivity index (χ4n) is 4.30. The lowest BCUT2D eigenvalue weighted by Gasteiger charge is -2.48. The summed E-state index contributed by atoms with van der Waals surface area (Å²) in [4.78, 5) is 28.8. The van der Waals surface area contributed by atoms with Crippen molar-refractivity contribution in [3.63, 3.8) is 0 Å². The van der Waals surface area contributed by atoms with Crippen molar-refractivity contribution < 1.29 is 24.0 Å². The first-order valence-corrected chi connectivity index (χ1v) is 10.7. The Balaban J connectivity index is 2.24. The SMILES string of the molecule is CO[C@@H]1CC[C@H]2CSC(N(C(=O)O)C(C)(C)C)=N[C@@]2(c2cc([N+](=O)[O-])ccc2F)C1. The number of fused-ring (bicyclic) bond motifs is 1. The Hall–Kier alpha value is -2.20. The lowest BCUT2D eigenvalue weighted by molar-refractivity contribution is -0.385. The second-order valence-electron chi connectivity index (χ2n) is 8.68. The molecule has 1 aromatic rings. The Kier molecular flexibility index (Phi) is 6.10. The minimum Gasteiger partial charge on any atom is -0.465 e. The van der Waals surface area contributed by atoms with Crippen molar-refractivity contribution >= 4 is 28.7 Å². The summed E-state index contributed by atoms with van der Waals surface area (Å²) < 4.78 is 20.6. The molecule has 1 heterocycles. The summed E-state index contributed by atoms with van der Waals surface area (Å²) >= 11 is 1.33. The van der Waals surface area contributed by atoms with Crippen LogP contribution in [0, 0.1) is 21.8 Å². The molecule has 30 heavy (non-hydrogen) atoms. The van der Waals surface area contributed by atoms with Crippen LogP contribution in [0.15, 0.2) is 23.2 Å².